The van der Waals surface area contributed by atoms with Crippen LogP contribution in [0.25, 0.3) is 0 Å². The summed E-state index contributed by atoms with van der Waals surface area (Å²) in [4.78, 5) is 11.4. The van der Waals surface area contributed by atoms with Gasteiger partial charge in [-0.1, -0.05) is 20.8 Å². The molecule has 1 atom stereocenters. The summed E-state index contributed by atoms with van der Waals surface area (Å²) in [5.74, 6) is 1.60. The van der Waals surface area contributed by atoms with Crippen LogP contribution in [0.4, 0.5) is 5.95 Å². The molecule has 0 radical (unpaired) electrons. The van der Waals surface area contributed by atoms with Gasteiger partial charge in [-0.3, -0.25) is 0 Å². The van der Waals surface area contributed by atoms with E-state index in [4.69, 9.17) is 0 Å². The van der Waals surface area contributed by atoms with E-state index in [-0.39, 0.29) is 5.41 Å². The molecule has 0 aromatic carbocycles. The molecule has 0 saturated carbocycles. The quantitative estimate of drug-likeness (QED) is 0.907. The van der Waals surface area contributed by atoms with E-state index in [2.05, 4.69) is 41.0 Å². The molecule has 0 amide bonds. The summed E-state index contributed by atoms with van der Waals surface area (Å²) in [6, 6.07) is 0. The molecule has 2 heterocycles. The summed E-state index contributed by atoms with van der Waals surface area (Å²) >= 11 is 0. The highest BCUT2D eigenvalue weighted by atomic mass is 15.3. The topological polar surface area (TPSA) is 41.0 Å². The standard InChI is InChI=1S/C15H26N4/c1-15(2,3)13-9-17-14(18-10-13)19-7-5-6-12(11-19)8-16-4/h9-10,12,16H,5-8,11H2,1-4H3. The Kier molecular flexibility index (Phi) is 4.40. The average molecular weight is 262 g/mol. The third-order valence-electron chi connectivity index (χ3n) is 3.80. The first-order chi connectivity index (χ1) is 9.00. The van der Waals surface area contributed by atoms with Crippen LogP contribution in [0.2, 0.25) is 0 Å². The summed E-state index contributed by atoms with van der Waals surface area (Å²) in [6.45, 7) is 9.79. The first kappa shape index (κ1) is 14.3. The fraction of sp³-hybridized carbons (Fsp3) is 0.733. The van der Waals surface area contributed by atoms with Crippen molar-refractivity contribution in [1.29, 1.82) is 0 Å². The normalized spacial score (nSPS) is 20.6. The molecule has 19 heavy (non-hydrogen) atoms. The number of rotatable bonds is 3. The number of hydrogen-bond donors (Lipinski definition) is 1. The Labute approximate surface area is 116 Å². The maximum atomic E-state index is 4.56. The van der Waals surface area contributed by atoms with Crippen molar-refractivity contribution in [2.24, 2.45) is 5.92 Å². The second-order valence-electron chi connectivity index (χ2n) is 6.53. The Morgan fingerprint density at radius 3 is 2.58 bits per heavy atom. The van der Waals surface area contributed by atoms with Gasteiger partial charge >= 0.3 is 0 Å². The van der Waals surface area contributed by atoms with Gasteiger partial charge in [0.25, 0.3) is 0 Å². The van der Waals surface area contributed by atoms with Crippen molar-refractivity contribution in [2.45, 2.75) is 39.0 Å². The zero-order valence-electron chi connectivity index (χ0n) is 12.6. The lowest BCUT2D eigenvalue weighted by atomic mass is 9.89. The van der Waals surface area contributed by atoms with Gasteiger partial charge in [0.2, 0.25) is 5.95 Å². The van der Waals surface area contributed by atoms with Crippen molar-refractivity contribution in [2.75, 3.05) is 31.6 Å². The molecule has 4 nitrogen and oxygen atoms in total. The van der Waals surface area contributed by atoms with Gasteiger partial charge in [-0.25, -0.2) is 9.97 Å². The first-order valence-electron chi connectivity index (χ1n) is 7.23. The van der Waals surface area contributed by atoms with Gasteiger partial charge in [-0.15, -0.1) is 0 Å². The van der Waals surface area contributed by atoms with Gasteiger partial charge in [0.1, 0.15) is 0 Å². The van der Waals surface area contributed by atoms with Crippen LogP contribution in [0.15, 0.2) is 12.4 Å². The summed E-state index contributed by atoms with van der Waals surface area (Å²) < 4.78 is 0. The second kappa shape index (κ2) is 5.87. The maximum Gasteiger partial charge on any atom is 0.225 e. The van der Waals surface area contributed by atoms with Gasteiger partial charge in [0.15, 0.2) is 0 Å². The molecule has 1 unspecified atom stereocenters. The molecule has 1 aliphatic rings. The molecule has 4 heteroatoms. The number of nitrogens with one attached hydrogen (secondary N) is 1. The van der Waals surface area contributed by atoms with Crippen LogP contribution in [0.5, 0.6) is 0 Å². The number of piperidine rings is 1. The average Bonchev–Trinajstić information content (AvgIpc) is 2.39. The minimum absolute atomic E-state index is 0.120. The smallest absolute Gasteiger partial charge is 0.225 e. The third-order valence-corrected chi connectivity index (χ3v) is 3.80. The molecule has 1 aromatic heterocycles. The molecular formula is C15H26N4. The number of hydrogen-bond acceptors (Lipinski definition) is 4. The highest BCUT2D eigenvalue weighted by Crippen LogP contribution is 2.23. The van der Waals surface area contributed by atoms with E-state index in [0.29, 0.717) is 5.92 Å². The van der Waals surface area contributed by atoms with E-state index in [0.717, 1.165) is 25.6 Å². The van der Waals surface area contributed by atoms with E-state index in [1.54, 1.807) is 0 Å². The fourth-order valence-electron chi connectivity index (χ4n) is 2.57. The van der Waals surface area contributed by atoms with Crippen molar-refractivity contribution >= 4 is 5.95 Å². The molecule has 1 N–H and O–H groups in total. The minimum atomic E-state index is 0.120. The molecule has 1 fully saturated rings. The van der Waals surface area contributed by atoms with Crippen LogP contribution in [0.1, 0.15) is 39.2 Å². The van der Waals surface area contributed by atoms with Crippen molar-refractivity contribution in [1.82, 2.24) is 15.3 Å². The maximum absolute atomic E-state index is 4.56. The van der Waals surface area contributed by atoms with Crippen LogP contribution < -0.4 is 10.2 Å². The number of nitrogens with zero attached hydrogens (tertiary/aromatic N) is 3. The van der Waals surface area contributed by atoms with E-state index < -0.39 is 0 Å². The highest BCUT2D eigenvalue weighted by Gasteiger charge is 2.22. The van der Waals surface area contributed by atoms with Crippen LogP contribution >= 0.6 is 0 Å². The van der Waals surface area contributed by atoms with Gasteiger partial charge in [-0.05, 0) is 43.3 Å². The Bertz CT molecular complexity index is 392. The molecule has 0 spiro atoms. The lowest BCUT2D eigenvalue weighted by molar-refractivity contribution is 0.399. The van der Waals surface area contributed by atoms with E-state index in [9.17, 15) is 0 Å². The van der Waals surface area contributed by atoms with E-state index in [1.165, 1.54) is 18.4 Å². The Morgan fingerprint density at radius 2 is 2.00 bits per heavy atom. The molecule has 0 bridgehead atoms. The van der Waals surface area contributed by atoms with Crippen molar-refractivity contribution < 1.29 is 0 Å². The summed E-state index contributed by atoms with van der Waals surface area (Å²) in [6.07, 6.45) is 6.49. The molecule has 0 aliphatic carbocycles. The van der Waals surface area contributed by atoms with Crippen molar-refractivity contribution in [3.63, 3.8) is 0 Å². The Morgan fingerprint density at radius 1 is 1.32 bits per heavy atom. The first-order valence-corrected chi connectivity index (χ1v) is 7.23. The van der Waals surface area contributed by atoms with Gasteiger partial charge in [0, 0.05) is 25.5 Å². The van der Waals surface area contributed by atoms with E-state index in [1.807, 2.05) is 19.4 Å². The van der Waals surface area contributed by atoms with Gasteiger partial charge in [0.05, 0.1) is 0 Å². The second-order valence-corrected chi connectivity index (χ2v) is 6.53. The molecule has 106 valence electrons. The van der Waals surface area contributed by atoms with Crippen LogP contribution in [0, 0.1) is 5.92 Å². The zero-order valence-corrected chi connectivity index (χ0v) is 12.6. The molecular weight excluding hydrogens is 236 g/mol. The molecule has 1 aromatic rings. The monoisotopic (exact) mass is 262 g/mol. The number of anilines is 1. The summed E-state index contributed by atoms with van der Waals surface area (Å²) in [7, 11) is 2.02. The minimum Gasteiger partial charge on any atom is -0.341 e. The molecule has 2 rings (SSSR count). The predicted molar refractivity (Wildman–Crippen MR) is 79.6 cm³/mol. The molecule has 1 saturated heterocycles. The van der Waals surface area contributed by atoms with Gasteiger partial charge in [-0.2, -0.15) is 0 Å². The third kappa shape index (κ3) is 3.66. The van der Waals surface area contributed by atoms with Crippen molar-refractivity contribution in [3.05, 3.63) is 18.0 Å². The van der Waals surface area contributed by atoms with Crippen LogP contribution in [0.3, 0.4) is 0 Å². The zero-order chi connectivity index (χ0) is 13.9. The largest absolute Gasteiger partial charge is 0.341 e. The summed E-state index contributed by atoms with van der Waals surface area (Å²) in [5, 5.41) is 3.27. The number of aromatic nitrogens is 2. The lowest BCUT2D eigenvalue weighted by Crippen LogP contribution is -2.40. The van der Waals surface area contributed by atoms with Crippen LogP contribution in [-0.2, 0) is 5.41 Å². The van der Waals surface area contributed by atoms with Crippen LogP contribution in [-0.4, -0.2) is 36.6 Å². The van der Waals surface area contributed by atoms with Gasteiger partial charge < -0.3 is 10.2 Å². The molecule has 1 aliphatic heterocycles. The predicted octanol–water partition coefficient (Wildman–Crippen LogP) is 2.21. The highest BCUT2D eigenvalue weighted by molar-refractivity contribution is 5.32. The lowest BCUT2D eigenvalue weighted by Gasteiger charge is -2.33. The SMILES string of the molecule is CNCC1CCCN(c2ncc(C(C)(C)C)cn2)C1. The van der Waals surface area contributed by atoms with Crippen molar-refractivity contribution in [3.8, 4) is 0 Å². The summed E-state index contributed by atoms with van der Waals surface area (Å²) in [5.41, 5.74) is 1.31. The Balaban J connectivity index is 2.05. The van der Waals surface area contributed by atoms with E-state index >= 15 is 0 Å². The fourth-order valence-corrected chi connectivity index (χ4v) is 2.57. The Hall–Kier alpha value is -1.16.